The number of nitrogens with one attached hydrogen (secondary N) is 1. The molecule has 0 saturated heterocycles. The maximum atomic E-state index is 12.6. The van der Waals surface area contributed by atoms with Gasteiger partial charge in [0.25, 0.3) is 5.91 Å². The third kappa shape index (κ3) is 3.16. The quantitative estimate of drug-likeness (QED) is 0.714. The van der Waals surface area contributed by atoms with E-state index in [9.17, 15) is 4.79 Å². The third-order valence-corrected chi connectivity index (χ3v) is 4.74. The number of hydrogen-bond acceptors (Lipinski definition) is 5. The maximum absolute atomic E-state index is 12.6. The van der Waals surface area contributed by atoms with Gasteiger partial charge in [-0.05, 0) is 36.9 Å². The van der Waals surface area contributed by atoms with Gasteiger partial charge in [0.15, 0.2) is 5.69 Å². The van der Waals surface area contributed by atoms with Crippen LogP contribution >= 0.6 is 22.9 Å². The van der Waals surface area contributed by atoms with Gasteiger partial charge in [-0.2, -0.15) is 0 Å². The van der Waals surface area contributed by atoms with Crippen molar-refractivity contribution in [2.45, 2.75) is 13.8 Å². The minimum Gasteiger partial charge on any atom is -0.495 e. The molecule has 1 N–H and O–H groups in total. The van der Waals surface area contributed by atoms with E-state index in [-0.39, 0.29) is 11.6 Å². The number of carbonyl (C=O) groups is 1. The van der Waals surface area contributed by atoms with Gasteiger partial charge in [-0.15, -0.1) is 11.3 Å². The second kappa shape index (κ2) is 6.67. The second-order valence-electron chi connectivity index (χ2n) is 5.16. The molecule has 0 bridgehead atoms. The molecule has 2 aromatic heterocycles. The van der Waals surface area contributed by atoms with Crippen LogP contribution in [0.25, 0.3) is 10.8 Å². The maximum Gasteiger partial charge on any atom is 0.278 e. The number of halogens is 1. The molecule has 1 aromatic carbocycles. The highest BCUT2D eigenvalue weighted by atomic mass is 35.5. The van der Waals surface area contributed by atoms with Crippen LogP contribution in [0.3, 0.4) is 0 Å². The first-order chi connectivity index (χ1) is 11.5. The first-order valence-corrected chi connectivity index (χ1v) is 8.42. The number of carbonyl (C=O) groups excluding carboxylic acids is 1. The number of anilines is 1. The second-order valence-corrected chi connectivity index (χ2v) is 6.51. The number of methoxy groups -OCH3 is 1. The molecule has 124 valence electrons. The Labute approximate surface area is 148 Å². The van der Waals surface area contributed by atoms with E-state index in [0.29, 0.717) is 28.1 Å². The van der Waals surface area contributed by atoms with Crippen LogP contribution in [0.15, 0.2) is 34.1 Å². The Hall–Kier alpha value is -2.31. The lowest BCUT2D eigenvalue weighted by atomic mass is 10.2. The molecule has 0 aliphatic rings. The van der Waals surface area contributed by atoms with E-state index in [0.717, 1.165) is 10.4 Å². The van der Waals surface area contributed by atoms with Crippen LogP contribution in [-0.4, -0.2) is 18.0 Å². The van der Waals surface area contributed by atoms with Crippen LogP contribution in [0.2, 0.25) is 5.02 Å². The summed E-state index contributed by atoms with van der Waals surface area (Å²) in [4.78, 5) is 17.7. The van der Waals surface area contributed by atoms with Crippen LogP contribution < -0.4 is 10.1 Å². The van der Waals surface area contributed by atoms with Crippen molar-refractivity contribution in [2.75, 3.05) is 12.4 Å². The number of ether oxygens (including phenoxy) is 1. The number of nitrogens with zero attached hydrogens (tertiary/aromatic N) is 1. The summed E-state index contributed by atoms with van der Waals surface area (Å²) < 4.78 is 10.9. The van der Waals surface area contributed by atoms with Gasteiger partial charge in [0.2, 0.25) is 5.89 Å². The van der Waals surface area contributed by atoms with E-state index in [2.05, 4.69) is 10.3 Å². The summed E-state index contributed by atoms with van der Waals surface area (Å²) in [5.41, 5.74) is 1.61. The molecule has 0 fully saturated rings. The largest absolute Gasteiger partial charge is 0.495 e. The summed E-state index contributed by atoms with van der Waals surface area (Å²) in [6.45, 7) is 3.57. The Kier molecular flexibility index (Phi) is 4.59. The molecule has 0 spiro atoms. The Morgan fingerprint density at radius 1 is 1.38 bits per heavy atom. The number of aryl methyl sites for hydroxylation is 2. The van der Waals surface area contributed by atoms with Crippen molar-refractivity contribution in [3.63, 3.8) is 0 Å². The highest BCUT2D eigenvalue weighted by Gasteiger charge is 2.20. The van der Waals surface area contributed by atoms with E-state index < -0.39 is 0 Å². The van der Waals surface area contributed by atoms with Gasteiger partial charge in [0.1, 0.15) is 11.5 Å². The molecule has 0 unspecified atom stereocenters. The van der Waals surface area contributed by atoms with Gasteiger partial charge in [-0.25, -0.2) is 4.98 Å². The molecular weight excluding hydrogens is 348 g/mol. The Morgan fingerprint density at radius 3 is 2.83 bits per heavy atom. The van der Waals surface area contributed by atoms with Crippen molar-refractivity contribution in [1.29, 1.82) is 0 Å². The molecular formula is C17H15ClN2O3S. The van der Waals surface area contributed by atoms with Gasteiger partial charge in [0, 0.05) is 11.1 Å². The molecule has 24 heavy (non-hydrogen) atoms. The minimum absolute atomic E-state index is 0.244. The van der Waals surface area contributed by atoms with Crippen molar-refractivity contribution < 1.29 is 13.9 Å². The first-order valence-electron chi connectivity index (χ1n) is 7.16. The number of rotatable bonds is 4. The summed E-state index contributed by atoms with van der Waals surface area (Å²) in [7, 11) is 1.52. The monoisotopic (exact) mass is 362 g/mol. The molecule has 0 saturated carbocycles. The van der Waals surface area contributed by atoms with Gasteiger partial charge in [-0.3, -0.25) is 4.79 Å². The van der Waals surface area contributed by atoms with E-state index in [4.69, 9.17) is 20.8 Å². The third-order valence-electron chi connectivity index (χ3n) is 3.47. The molecule has 5 nitrogen and oxygen atoms in total. The zero-order valence-corrected chi connectivity index (χ0v) is 14.9. The fourth-order valence-corrected chi connectivity index (χ4v) is 3.03. The molecule has 1 amide bonds. The fraction of sp³-hybridized carbons (Fsp3) is 0.176. The van der Waals surface area contributed by atoms with Gasteiger partial charge < -0.3 is 14.5 Å². The zero-order valence-electron chi connectivity index (χ0n) is 13.3. The molecule has 3 aromatic rings. The van der Waals surface area contributed by atoms with Gasteiger partial charge >= 0.3 is 0 Å². The lowest BCUT2D eigenvalue weighted by molar-refractivity contribution is 0.102. The average molecular weight is 363 g/mol. The fourth-order valence-electron chi connectivity index (χ4n) is 2.22. The van der Waals surface area contributed by atoms with Crippen molar-refractivity contribution >= 4 is 34.5 Å². The number of oxazole rings is 1. The van der Waals surface area contributed by atoms with Crippen molar-refractivity contribution in [1.82, 2.24) is 4.98 Å². The lowest BCUT2D eigenvalue weighted by Gasteiger charge is -2.11. The smallest absolute Gasteiger partial charge is 0.278 e. The Bertz CT molecular complexity index is 888. The zero-order chi connectivity index (χ0) is 17.3. The molecule has 0 aliphatic heterocycles. The van der Waals surface area contributed by atoms with Crippen molar-refractivity contribution in [2.24, 2.45) is 0 Å². The van der Waals surface area contributed by atoms with Crippen LogP contribution in [-0.2, 0) is 0 Å². The standard InChI is InChI=1S/C17H15ClN2O3S/c1-9-7-12(13(22-3)8-11(9)18)19-16(21)15-10(2)23-17(20-15)14-5-4-6-24-14/h4-8H,1-3H3,(H,19,21). The summed E-state index contributed by atoms with van der Waals surface area (Å²) in [6, 6.07) is 7.22. The van der Waals surface area contributed by atoms with Gasteiger partial charge in [0.05, 0.1) is 17.7 Å². The van der Waals surface area contributed by atoms with E-state index in [1.54, 1.807) is 19.1 Å². The molecule has 0 radical (unpaired) electrons. The molecule has 7 heteroatoms. The normalized spacial score (nSPS) is 10.7. The first kappa shape index (κ1) is 16.5. The molecule has 0 atom stereocenters. The van der Waals surface area contributed by atoms with Gasteiger partial charge in [-0.1, -0.05) is 17.7 Å². The Balaban J connectivity index is 1.90. The number of hydrogen-bond donors (Lipinski definition) is 1. The molecule has 2 heterocycles. The van der Waals surface area contributed by atoms with Crippen molar-refractivity contribution in [3.05, 3.63) is 51.7 Å². The molecule has 0 aliphatic carbocycles. The predicted octanol–water partition coefficient (Wildman–Crippen LogP) is 4.93. The number of amides is 1. The van der Waals surface area contributed by atoms with Crippen LogP contribution in [0.4, 0.5) is 5.69 Å². The predicted molar refractivity (Wildman–Crippen MR) is 95.2 cm³/mol. The summed E-state index contributed by atoms with van der Waals surface area (Å²) in [5.74, 6) is 1.02. The topological polar surface area (TPSA) is 64.4 Å². The molecule has 3 rings (SSSR count). The van der Waals surface area contributed by atoms with Crippen LogP contribution in [0, 0.1) is 13.8 Å². The van der Waals surface area contributed by atoms with E-state index in [1.165, 1.54) is 18.4 Å². The van der Waals surface area contributed by atoms with E-state index in [1.807, 2.05) is 24.4 Å². The lowest BCUT2D eigenvalue weighted by Crippen LogP contribution is -2.14. The highest BCUT2D eigenvalue weighted by molar-refractivity contribution is 7.13. The van der Waals surface area contributed by atoms with Crippen LogP contribution in [0.1, 0.15) is 21.8 Å². The van der Waals surface area contributed by atoms with Crippen LogP contribution in [0.5, 0.6) is 5.75 Å². The summed E-state index contributed by atoms with van der Waals surface area (Å²) in [5, 5.41) is 5.30. The van der Waals surface area contributed by atoms with Crippen molar-refractivity contribution in [3.8, 4) is 16.5 Å². The number of aromatic nitrogens is 1. The average Bonchev–Trinajstić information content (AvgIpc) is 3.19. The highest BCUT2D eigenvalue weighted by Crippen LogP contribution is 2.32. The number of benzene rings is 1. The van der Waals surface area contributed by atoms with E-state index >= 15 is 0 Å². The Morgan fingerprint density at radius 2 is 2.17 bits per heavy atom. The summed E-state index contributed by atoms with van der Waals surface area (Å²) >= 11 is 7.59. The number of thiophene rings is 1. The SMILES string of the molecule is COc1cc(Cl)c(C)cc1NC(=O)c1nc(-c2cccs2)oc1C. The summed E-state index contributed by atoms with van der Waals surface area (Å²) in [6.07, 6.45) is 0. The minimum atomic E-state index is -0.362.